The quantitative estimate of drug-likeness (QED) is 0.397. The highest BCUT2D eigenvalue weighted by atomic mass is 35.5. The molecular weight excluding hydrogens is 476 g/mol. The van der Waals surface area contributed by atoms with Crippen LogP contribution in [0.25, 0.3) is 0 Å². The SMILES string of the molecule is COc1ccc(NS(=O)(=O)c2ccc(OCC(=O)N[C@H](C)CCc3ccccc3)cc2)cc1Cl. The molecule has 34 heavy (non-hydrogen) atoms. The summed E-state index contributed by atoms with van der Waals surface area (Å²) in [6.07, 6.45) is 1.69. The number of carbonyl (C=O) groups excluding carboxylic acids is 1. The van der Waals surface area contributed by atoms with Gasteiger partial charge in [-0.2, -0.15) is 0 Å². The molecule has 0 bridgehead atoms. The van der Waals surface area contributed by atoms with Crippen LogP contribution in [0.3, 0.4) is 0 Å². The normalized spacial score (nSPS) is 12.0. The second-order valence-electron chi connectivity index (χ2n) is 7.71. The van der Waals surface area contributed by atoms with Crippen LogP contribution in [0.5, 0.6) is 11.5 Å². The van der Waals surface area contributed by atoms with E-state index in [0.29, 0.717) is 22.2 Å². The van der Waals surface area contributed by atoms with Gasteiger partial charge in [-0.3, -0.25) is 9.52 Å². The Morgan fingerprint density at radius 1 is 1.03 bits per heavy atom. The Balaban J connectivity index is 1.49. The predicted octanol–water partition coefficient (Wildman–Crippen LogP) is 4.67. The molecule has 180 valence electrons. The van der Waals surface area contributed by atoms with Gasteiger partial charge in [0, 0.05) is 6.04 Å². The highest BCUT2D eigenvalue weighted by Crippen LogP contribution is 2.28. The van der Waals surface area contributed by atoms with Gasteiger partial charge in [0.25, 0.3) is 15.9 Å². The van der Waals surface area contributed by atoms with E-state index in [-0.39, 0.29) is 23.5 Å². The molecule has 1 atom stereocenters. The lowest BCUT2D eigenvalue weighted by Gasteiger charge is -2.14. The van der Waals surface area contributed by atoms with Gasteiger partial charge < -0.3 is 14.8 Å². The Hall–Kier alpha value is -3.23. The summed E-state index contributed by atoms with van der Waals surface area (Å²) in [7, 11) is -2.35. The highest BCUT2D eigenvalue weighted by molar-refractivity contribution is 7.92. The zero-order valence-electron chi connectivity index (χ0n) is 19.0. The summed E-state index contributed by atoms with van der Waals surface area (Å²) in [5, 5.41) is 3.20. The second kappa shape index (κ2) is 11.8. The van der Waals surface area contributed by atoms with Crippen LogP contribution in [0.2, 0.25) is 5.02 Å². The van der Waals surface area contributed by atoms with Crippen LogP contribution < -0.4 is 19.5 Å². The first kappa shape index (κ1) is 25.4. The summed E-state index contributed by atoms with van der Waals surface area (Å²) in [5.74, 6) is 0.592. The molecule has 7 nitrogen and oxygen atoms in total. The van der Waals surface area contributed by atoms with E-state index in [1.54, 1.807) is 12.1 Å². The van der Waals surface area contributed by atoms with Crippen LogP contribution in [0, 0.1) is 0 Å². The molecule has 0 fully saturated rings. The zero-order chi connectivity index (χ0) is 24.6. The van der Waals surface area contributed by atoms with Gasteiger partial charge in [-0.25, -0.2) is 8.42 Å². The first-order valence-electron chi connectivity index (χ1n) is 10.7. The van der Waals surface area contributed by atoms with E-state index in [9.17, 15) is 13.2 Å². The van der Waals surface area contributed by atoms with Crippen LogP contribution in [-0.2, 0) is 21.2 Å². The van der Waals surface area contributed by atoms with Crippen molar-refractivity contribution in [1.29, 1.82) is 0 Å². The summed E-state index contributed by atoms with van der Waals surface area (Å²) in [6, 6.07) is 20.5. The number of ether oxygens (including phenoxy) is 2. The van der Waals surface area contributed by atoms with Crippen molar-refractivity contribution in [3.05, 3.63) is 83.4 Å². The second-order valence-corrected chi connectivity index (χ2v) is 9.80. The third-order valence-electron chi connectivity index (χ3n) is 5.02. The molecule has 0 aromatic heterocycles. The van der Waals surface area contributed by atoms with E-state index in [4.69, 9.17) is 21.1 Å². The smallest absolute Gasteiger partial charge is 0.261 e. The molecule has 0 aliphatic rings. The molecular formula is C25H27ClN2O5S. The first-order chi connectivity index (χ1) is 16.3. The van der Waals surface area contributed by atoms with Gasteiger partial charge in [0.05, 0.1) is 22.7 Å². The fraction of sp³-hybridized carbons (Fsp3) is 0.240. The van der Waals surface area contributed by atoms with E-state index in [0.717, 1.165) is 12.8 Å². The number of benzene rings is 3. The molecule has 3 rings (SSSR count). The summed E-state index contributed by atoms with van der Waals surface area (Å²) in [4.78, 5) is 12.2. The first-order valence-corrected chi connectivity index (χ1v) is 12.6. The van der Waals surface area contributed by atoms with Crippen LogP contribution in [0.1, 0.15) is 18.9 Å². The number of aryl methyl sites for hydroxylation is 1. The fourth-order valence-electron chi connectivity index (χ4n) is 3.22. The number of sulfonamides is 1. The molecule has 0 radical (unpaired) electrons. The Kier molecular flexibility index (Phi) is 8.79. The van der Waals surface area contributed by atoms with Crippen molar-refractivity contribution in [3.63, 3.8) is 0 Å². The summed E-state index contributed by atoms with van der Waals surface area (Å²) < 4.78 is 38.3. The summed E-state index contributed by atoms with van der Waals surface area (Å²) in [5.41, 5.74) is 1.53. The molecule has 0 heterocycles. The summed E-state index contributed by atoms with van der Waals surface area (Å²) >= 11 is 6.05. The minimum Gasteiger partial charge on any atom is -0.495 e. The minimum atomic E-state index is -3.83. The maximum absolute atomic E-state index is 12.6. The largest absolute Gasteiger partial charge is 0.495 e. The fourth-order valence-corrected chi connectivity index (χ4v) is 4.53. The molecule has 0 unspecified atom stereocenters. The highest BCUT2D eigenvalue weighted by Gasteiger charge is 2.16. The van der Waals surface area contributed by atoms with Crippen LogP contribution >= 0.6 is 11.6 Å². The van der Waals surface area contributed by atoms with E-state index >= 15 is 0 Å². The molecule has 1 amide bonds. The predicted molar refractivity (Wildman–Crippen MR) is 133 cm³/mol. The van der Waals surface area contributed by atoms with E-state index in [2.05, 4.69) is 22.2 Å². The summed E-state index contributed by atoms with van der Waals surface area (Å²) in [6.45, 7) is 1.79. The molecule has 0 saturated heterocycles. The Bertz CT molecular complexity index is 1200. The van der Waals surface area contributed by atoms with E-state index in [1.165, 1.54) is 43.0 Å². The number of carbonyl (C=O) groups is 1. The van der Waals surface area contributed by atoms with Crippen molar-refractivity contribution in [2.24, 2.45) is 0 Å². The number of nitrogens with one attached hydrogen (secondary N) is 2. The van der Waals surface area contributed by atoms with Crippen LogP contribution in [0.15, 0.2) is 77.7 Å². The minimum absolute atomic E-state index is 0.00126. The molecule has 3 aromatic rings. The lowest BCUT2D eigenvalue weighted by Crippen LogP contribution is -2.36. The van der Waals surface area contributed by atoms with Crippen LogP contribution in [-0.4, -0.2) is 34.1 Å². The zero-order valence-corrected chi connectivity index (χ0v) is 20.5. The van der Waals surface area contributed by atoms with Gasteiger partial charge in [0.1, 0.15) is 11.5 Å². The Labute approximate surface area is 205 Å². The van der Waals surface area contributed by atoms with Gasteiger partial charge in [-0.05, 0) is 67.8 Å². The number of halogens is 1. The monoisotopic (exact) mass is 502 g/mol. The lowest BCUT2D eigenvalue weighted by atomic mass is 10.1. The van der Waals surface area contributed by atoms with Crippen molar-refractivity contribution in [3.8, 4) is 11.5 Å². The van der Waals surface area contributed by atoms with Crippen molar-refractivity contribution < 1.29 is 22.7 Å². The van der Waals surface area contributed by atoms with Crippen molar-refractivity contribution in [2.75, 3.05) is 18.4 Å². The number of hydrogen-bond donors (Lipinski definition) is 2. The van der Waals surface area contributed by atoms with E-state index in [1.807, 2.05) is 25.1 Å². The average molecular weight is 503 g/mol. The average Bonchev–Trinajstić information content (AvgIpc) is 2.82. The van der Waals surface area contributed by atoms with E-state index < -0.39 is 10.0 Å². The molecule has 0 aliphatic carbocycles. The van der Waals surface area contributed by atoms with Crippen molar-refractivity contribution in [2.45, 2.75) is 30.7 Å². The van der Waals surface area contributed by atoms with Gasteiger partial charge in [0.15, 0.2) is 6.61 Å². The molecule has 2 N–H and O–H groups in total. The van der Waals surface area contributed by atoms with Crippen molar-refractivity contribution in [1.82, 2.24) is 5.32 Å². The van der Waals surface area contributed by atoms with Gasteiger partial charge in [-0.1, -0.05) is 41.9 Å². The van der Waals surface area contributed by atoms with Crippen LogP contribution in [0.4, 0.5) is 5.69 Å². The molecule has 0 aliphatic heterocycles. The molecule has 3 aromatic carbocycles. The molecule has 0 spiro atoms. The lowest BCUT2D eigenvalue weighted by molar-refractivity contribution is -0.123. The number of methoxy groups -OCH3 is 1. The molecule has 0 saturated carbocycles. The van der Waals surface area contributed by atoms with Crippen molar-refractivity contribution >= 4 is 33.2 Å². The molecule has 9 heteroatoms. The third-order valence-corrected chi connectivity index (χ3v) is 6.72. The topological polar surface area (TPSA) is 93.7 Å². The Morgan fingerprint density at radius 2 is 1.74 bits per heavy atom. The third kappa shape index (κ3) is 7.40. The number of rotatable bonds is 11. The standard InChI is InChI=1S/C25H27ClN2O5S/c1-18(8-9-19-6-4-3-5-7-19)27-25(29)17-33-21-11-13-22(14-12-21)34(30,31)28-20-10-15-24(32-2)23(26)16-20/h3-7,10-16,18,28H,8-9,17H2,1-2H3,(H,27,29)/t18-/m1/s1. The Morgan fingerprint density at radius 3 is 2.38 bits per heavy atom. The maximum atomic E-state index is 12.6. The number of amides is 1. The maximum Gasteiger partial charge on any atom is 0.261 e. The van der Waals surface area contributed by atoms with Gasteiger partial charge in [-0.15, -0.1) is 0 Å². The van der Waals surface area contributed by atoms with Gasteiger partial charge >= 0.3 is 0 Å². The van der Waals surface area contributed by atoms with Gasteiger partial charge in [0.2, 0.25) is 0 Å². The number of hydrogen-bond acceptors (Lipinski definition) is 5. The number of anilines is 1.